The van der Waals surface area contributed by atoms with Gasteiger partial charge in [-0.3, -0.25) is 0 Å². The number of ether oxygens (including phenoxy) is 1. The Kier molecular flexibility index (Phi) is 3.74. The lowest BCUT2D eigenvalue weighted by Crippen LogP contribution is -2.49. The fourth-order valence-corrected chi connectivity index (χ4v) is 2.75. The summed E-state index contributed by atoms with van der Waals surface area (Å²) in [5.41, 5.74) is -0.550. The van der Waals surface area contributed by atoms with E-state index in [0.717, 1.165) is 0 Å². The lowest BCUT2D eigenvalue weighted by Gasteiger charge is -2.33. The minimum absolute atomic E-state index is 0.159. The third kappa shape index (κ3) is 4.17. The molecule has 1 rings (SSSR count). The fraction of sp³-hybridized carbons (Fsp3) is 0.889. The van der Waals surface area contributed by atoms with Crippen molar-refractivity contribution in [2.75, 3.05) is 0 Å². The quantitative estimate of drug-likeness (QED) is 0.773. The van der Waals surface area contributed by atoms with Gasteiger partial charge in [-0.2, -0.15) is 0 Å². The summed E-state index contributed by atoms with van der Waals surface area (Å²) in [6.07, 6.45) is 0.179. The van der Waals surface area contributed by atoms with Gasteiger partial charge in [-0.25, -0.2) is 13.2 Å². The van der Waals surface area contributed by atoms with Crippen LogP contribution in [0.1, 0.15) is 33.6 Å². The molecule has 16 heavy (non-hydrogen) atoms. The fourth-order valence-electron chi connectivity index (χ4n) is 1.39. The predicted molar refractivity (Wildman–Crippen MR) is 61.0 cm³/mol. The van der Waals surface area contributed by atoms with E-state index >= 15 is 0 Å². The Morgan fingerprint density at radius 3 is 2.25 bits per heavy atom. The normalized spacial score (nSPS) is 25.8. The van der Waals surface area contributed by atoms with Gasteiger partial charge in [-0.15, -0.1) is 0 Å². The molecule has 0 atom stereocenters. The van der Waals surface area contributed by atoms with E-state index < -0.39 is 26.0 Å². The van der Waals surface area contributed by atoms with Crippen LogP contribution in [0.4, 0.5) is 4.79 Å². The van der Waals surface area contributed by atoms with Crippen molar-refractivity contribution in [2.45, 2.75) is 50.5 Å². The lowest BCUT2D eigenvalue weighted by atomic mass is 9.92. The molecule has 0 saturated heterocycles. The van der Waals surface area contributed by atoms with E-state index in [1.807, 2.05) is 0 Å². The number of halogens is 1. The highest BCUT2D eigenvalue weighted by atomic mass is 35.7. The monoisotopic (exact) mass is 269 g/mol. The summed E-state index contributed by atoms with van der Waals surface area (Å²) in [5.74, 6) is 0. The number of alkyl carbamates (subject to hydrolysis) is 1. The van der Waals surface area contributed by atoms with Crippen molar-refractivity contribution in [2.24, 2.45) is 0 Å². The molecule has 0 aromatic rings. The second-order valence-electron chi connectivity index (χ2n) is 4.91. The van der Waals surface area contributed by atoms with Gasteiger partial charge in [0.25, 0.3) is 0 Å². The van der Waals surface area contributed by atoms with Crippen LogP contribution >= 0.6 is 10.7 Å². The molecule has 1 N–H and O–H groups in total. The molecule has 0 aliphatic heterocycles. The number of rotatable bonds is 2. The average molecular weight is 270 g/mol. The molecule has 1 fully saturated rings. The Labute approximate surface area is 99.9 Å². The molecular weight excluding hydrogens is 254 g/mol. The van der Waals surface area contributed by atoms with Crippen LogP contribution in [0.25, 0.3) is 0 Å². The Morgan fingerprint density at radius 2 is 1.88 bits per heavy atom. The molecule has 1 aliphatic carbocycles. The third-order valence-electron chi connectivity index (χ3n) is 2.21. The molecule has 5 nitrogen and oxygen atoms in total. The van der Waals surface area contributed by atoms with E-state index in [1.54, 1.807) is 20.8 Å². The van der Waals surface area contributed by atoms with E-state index in [9.17, 15) is 13.2 Å². The summed E-state index contributed by atoms with van der Waals surface area (Å²) < 4.78 is 26.8. The van der Waals surface area contributed by atoms with Gasteiger partial charge in [0.05, 0.1) is 5.25 Å². The molecule has 7 heteroatoms. The predicted octanol–water partition coefficient (Wildman–Crippen LogP) is 1.61. The Balaban J connectivity index is 2.31. The molecule has 94 valence electrons. The highest BCUT2D eigenvalue weighted by molar-refractivity contribution is 8.14. The van der Waals surface area contributed by atoms with Crippen LogP contribution in [0.2, 0.25) is 0 Å². The Hall–Kier alpha value is -0.490. The molecule has 0 radical (unpaired) electrons. The van der Waals surface area contributed by atoms with Gasteiger partial charge >= 0.3 is 6.09 Å². The minimum Gasteiger partial charge on any atom is -0.444 e. The van der Waals surface area contributed by atoms with Gasteiger partial charge in [0.15, 0.2) is 0 Å². The van der Waals surface area contributed by atoms with Gasteiger partial charge in [-0.05, 0) is 33.6 Å². The molecule has 1 amide bonds. The second kappa shape index (κ2) is 4.41. The summed E-state index contributed by atoms with van der Waals surface area (Å²) in [4.78, 5) is 11.3. The average Bonchev–Trinajstić information content (AvgIpc) is 1.89. The van der Waals surface area contributed by atoms with Crippen LogP contribution < -0.4 is 5.32 Å². The summed E-state index contributed by atoms with van der Waals surface area (Å²) in [6.45, 7) is 5.29. The number of amides is 1. The largest absolute Gasteiger partial charge is 0.444 e. The third-order valence-corrected chi connectivity index (χ3v) is 4.15. The van der Waals surface area contributed by atoms with E-state index in [0.29, 0.717) is 12.8 Å². The second-order valence-corrected chi connectivity index (χ2v) is 7.82. The summed E-state index contributed by atoms with van der Waals surface area (Å²) in [7, 11) is 1.68. The van der Waals surface area contributed by atoms with Crippen molar-refractivity contribution in [1.29, 1.82) is 0 Å². The highest BCUT2D eigenvalue weighted by Crippen LogP contribution is 2.29. The van der Waals surface area contributed by atoms with Gasteiger partial charge < -0.3 is 10.1 Å². The van der Waals surface area contributed by atoms with Gasteiger partial charge in [0, 0.05) is 16.7 Å². The van der Waals surface area contributed by atoms with Crippen LogP contribution in [0, 0.1) is 0 Å². The molecule has 1 aliphatic rings. The van der Waals surface area contributed by atoms with E-state index in [-0.39, 0.29) is 6.04 Å². The highest BCUT2D eigenvalue weighted by Gasteiger charge is 2.39. The maximum absolute atomic E-state index is 11.3. The van der Waals surface area contributed by atoms with Crippen LogP contribution in [0.15, 0.2) is 0 Å². The smallest absolute Gasteiger partial charge is 0.407 e. The van der Waals surface area contributed by atoms with Crippen molar-refractivity contribution in [3.8, 4) is 0 Å². The maximum atomic E-state index is 11.3. The van der Waals surface area contributed by atoms with E-state index in [4.69, 9.17) is 15.4 Å². The van der Waals surface area contributed by atoms with Gasteiger partial charge in [-0.1, -0.05) is 0 Å². The van der Waals surface area contributed by atoms with Gasteiger partial charge in [0.2, 0.25) is 9.05 Å². The SMILES string of the molecule is CC(C)(C)OC(=O)NC1CC(S(=O)(=O)Cl)C1. The number of hydrogen-bond donors (Lipinski definition) is 1. The molecule has 0 spiro atoms. The first-order valence-electron chi connectivity index (χ1n) is 5.01. The molecule has 1 saturated carbocycles. The van der Waals surface area contributed by atoms with Crippen molar-refractivity contribution in [1.82, 2.24) is 5.32 Å². The van der Waals surface area contributed by atoms with E-state index in [1.165, 1.54) is 0 Å². The molecule has 0 heterocycles. The van der Waals surface area contributed by atoms with Crippen LogP contribution in [0.3, 0.4) is 0 Å². The lowest BCUT2D eigenvalue weighted by molar-refractivity contribution is 0.0481. The van der Waals surface area contributed by atoms with E-state index in [2.05, 4.69) is 5.32 Å². The number of hydrogen-bond acceptors (Lipinski definition) is 4. The van der Waals surface area contributed by atoms with Crippen molar-refractivity contribution >= 4 is 25.8 Å². The summed E-state index contributed by atoms with van der Waals surface area (Å²) in [5, 5.41) is 2.04. The number of carbonyl (C=O) groups excluding carboxylic acids is 1. The van der Waals surface area contributed by atoms with Crippen molar-refractivity contribution < 1.29 is 17.9 Å². The summed E-state index contributed by atoms with van der Waals surface area (Å²) >= 11 is 0. The Bertz CT molecular complexity index is 367. The molecule has 0 aromatic carbocycles. The maximum Gasteiger partial charge on any atom is 0.407 e. The first kappa shape index (κ1) is 13.6. The zero-order valence-corrected chi connectivity index (χ0v) is 11.1. The minimum atomic E-state index is -3.49. The molecular formula is C9H16ClNO4S. The molecule has 0 bridgehead atoms. The van der Waals surface area contributed by atoms with Crippen LogP contribution in [-0.2, 0) is 13.8 Å². The number of carbonyl (C=O) groups is 1. The zero-order chi connectivity index (χ0) is 12.6. The van der Waals surface area contributed by atoms with Crippen LogP contribution in [0.5, 0.6) is 0 Å². The first-order chi connectivity index (χ1) is 7.08. The summed E-state index contributed by atoms with van der Waals surface area (Å²) in [6, 6.07) is -0.159. The standard InChI is InChI=1S/C9H16ClNO4S/c1-9(2,3)15-8(12)11-6-4-7(5-6)16(10,13)14/h6-7H,4-5H2,1-3H3,(H,11,12). The Morgan fingerprint density at radius 1 is 1.38 bits per heavy atom. The first-order valence-corrected chi connectivity index (χ1v) is 7.38. The van der Waals surface area contributed by atoms with Crippen LogP contribution in [-0.4, -0.2) is 31.4 Å². The molecule has 0 aromatic heterocycles. The zero-order valence-electron chi connectivity index (χ0n) is 9.49. The van der Waals surface area contributed by atoms with Crippen molar-refractivity contribution in [3.05, 3.63) is 0 Å². The number of nitrogens with one attached hydrogen (secondary N) is 1. The topological polar surface area (TPSA) is 72.5 Å². The van der Waals surface area contributed by atoms with Gasteiger partial charge in [0.1, 0.15) is 5.60 Å². The molecule has 0 unspecified atom stereocenters. The van der Waals surface area contributed by atoms with Crippen molar-refractivity contribution in [3.63, 3.8) is 0 Å².